The molecule has 2 aromatic carbocycles. The first-order valence-electron chi connectivity index (χ1n) is 12.4. The normalized spacial score (nSPS) is 14.9. The van der Waals surface area contributed by atoms with E-state index in [1.807, 2.05) is 60.7 Å². The molecular weight excluding hydrogens is 504 g/mol. The van der Waals surface area contributed by atoms with Gasteiger partial charge in [-0.05, 0) is 25.1 Å². The van der Waals surface area contributed by atoms with E-state index in [4.69, 9.17) is 16.6 Å². The van der Waals surface area contributed by atoms with Gasteiger partial charge < -0.3 is 10.2 Å². The number of hydrogen-bond donors (Lipinski definition) is 1. The molecule has 4 aromatic rings. The monoisotopic (exact) mass is 532 g/mol. The zero-order chi connectivity index (χ0) is 25.6. The lowest BCUT2D eigenvalue weighted by molar-refractivity contribution is -0.120. The Morgan fingerprint density at radius 1 is 0.973 bits per heavy atom. The van der Waals surface area contributed by atoms with Crippen LogP contribution in [-0.2, 0) is 11.2 Å². The van der Waals surface area contributed by atoms with Crippen LogP contribution in [0.25, 0.3) is 21.8 Å². The average molecular weight is 533 g/mol. The summed E-state index contributed by atoms with van der Waals surface area (Å²) < 4.78 is 0. The molecule has 7 nitrogen and oxygen atoms in total. The molecule has 5 rings (SSSR count). The molecule has 190 valence electrons. The van der Waals surface area contributed by atoms with Gasteiger partial charge in [0.05, 0.1) is 12.1 Å². The van der Waals surface area contributed by atoms with Gasteiger partial charge in [-0.15, -0.1) is 11.3 Å². The van der Waals surface area contributed by atoms with Gasteiger partial charge in [0.1, 0.15) is 5.01 Å². The number of piperazine rings is 1. The van der Waals surface area contributed by atoms with Gasteiger partial charge in [-0.3, -0.25) is 9.69 Å². The molecule has 1 saturated heterocycles. The van der Waals surface area contributed by atoms with Gasteiger partial charge in [-0.2, -0.15) is 0 Å². The Morgan fingerprint density at radius 3 is 2.38 bits per heavy atom. The molecule has 9 heteroatoms. The molecule has 3 heterocycles. The smallest absolute Gasteiger partial charge is 0.225 e. The SMILES string of the molecule is CC(CNC(=O)Cc1sc(-c2ccccc2)nc1-c1ccc(Cl)cc1)N1CCN(c2ncccn2)CC1. The molecule has 0 aliphatic carbocycles. The number of halogens is 1. The van der Waals surface area contributed by atoms with Crippen molar-refractivity contribution in [1.82, 2.24) is 25.2 Å². The lowest BCUT2D eigenvalue weighted by Crippen LogP contribution is -2.52. The molecule has 1 fully saturated rings. The molecule has 0 saturated carbocycles. The van der Waals surface area contributed by atoms with Gasteiger partial charge in [0.25, 0.3) is 0 Å². The highest BCUT2D eigenvalue weighted by molar-refractivity contribution is 7.15. The van der Waals surface area contributed by atoms with Crippen molar-refractivity contribution in [3.8, 4) is 21.8 Å². The van der Waals surface area contributed by atoms with Gasteiger partial charge in [-0.25, -0.2) is 15.0 Å². The van der Waals surface area contributed by atoms with Crippen molar-refractivity contribution in [2.24, 2.45) is 0 Å². The minimum absolute atomic E-state index is 0.00152. The number of benzene rings is 2. The molecule has 0 radical (unpaired) electrons. The van der Waals surface area contributed by atoms with Gasteiger partial charge in [0, 0.05) is 72.2 Å². The zero-order valence-corrected chi connectivity index (χ0v) is 22.3. The molecule has 1 amide bonds. The van der Waals surface area contributed by atoms with Gasteiger partial charge >= 0.3 is 0 Å². The van der Waals surface area contributed by atoms with Crippen LogP contribution < -0.4 is 10.2 Å². The van der Waals surface area contributed by atoms with E-state index in [2.05, 4.69) is 32.0 Å². The number of aromatic nitrogens is 3. The summed E-state index contributed by atoms with van der Waals surface area (Å²) in [5.74, 6) is 0.778. The lowest BCUT2D eigenvalue weighted by atomic mass is 10.1. The van der Waals surface area contributed by atoms with Crippen LogP contribution in [0.2, 0.25) is 5.02 Å². The summed E-state index contributed by atoms with van der Waals surface area (Å²) >= 11 is 7.67. The van der Waals surface area contributed by atoms with Crippen LogP contribution >= 0.6 is 22.9 Å². The summed E-state index contributed by atoms with van der Waals surface area (Å²) in [7, 11) is 0. The van der Waals surface area contributed by atoms with Crippen LogP contribution in [0, 0.1) is 0 Å². The average Bonchev–Trinajstić information content (AvgIpc) is 3.37. The maximum Gasteiger partial charge on any atom is 0.225 e. The van der Waals surface area contributed by atoms with Crippen molar-refractivity contribution in [2.75, 3.05) is 37.6 Å². The van der Waals surface area contributed by atoms with Crippen LogP contribution in [0.1, 0.15) is 11.8 Å². The fourth-order valence-corrected chi connectivity index (χ4v) is 5.64. The third-order valence-electron chi connectivity index (χ3n) is 6.52. The third-order valence-corrected chi connectivity index (χ3v) is 7.88. The number of amides is 1. The highest BCUT2D eigenvalue weighted by Crippen LogP contribution is 2.34. The Kier molecular flexibility index (Phi) is 8.08. The van der Waals surface area contributed by atoms with Crippen LogP contribution in [-0.4, -0.2) is 64.5 Å². The second kappa shape index (κ2) is 11.8. The number of carbonyl (C=O) groups is 1. The molecule has 1 N–H and O–H groups in total. The maximum absolute atomic E-state index is 13.0. The van der Waals surface area contributed by atoms with Crippen molar-refractivity contribution in [2.45, 2.75) is 19.4 Å². The number of hydrogen-bond acceptors (Lipinski definition) is 7. The van der Waals surface area contributed by atoms with Crippen molar-refractivity contribution in [3.05, 3.63) is 83.0 Å². The fraction of sp³-hybridized carbons (Fsp3) is 0.286. The van der Waals surface area contributed by atoms with E-state index < -0.39 is 0 Å². The summed E-state index contributed by atoms with van der Waals surface area (Å²) in [6, 6.07) is 19.8. The number of nitrogens with zero attached hydrogens (tertiary/aromatic N) is 5. The highest BCUT2D eigenvalue weighted by Gasteiger charge is 2.23. The molecule has 1 aliphatic rings. The van der Waals surface area contributed by atoms with Crippen LogP contribution in [0.3, 0.4) is 0 Å². The lowest BCUT2D eigenvalue weighted by Gasteiger charge is -2.38. The van der Waals surface area contributed by atoms with Gasteiger partial charge in [-0.1, -0.05) is 54.1 Å². The second-order valence-electron chi connectivity index (χ2n) is 9.07. The molecule has 37 heavy (non-hydrogen) atoms. The number of anilines is 1. The van der Waals surface area contributed by atoms with Crippen molar-refractivity contribution in [1.29, 1.82) is 0 Å². The molecule has 0 spiro atoms. The Bertz CT molecular complexity index is 1310. The van der Waals surface area contributed by atoms with E-state index in [1.165, 1.54) is 0 Å². The van der Waals surface area contributed by atoms with E-state index >= 15 is 0 Å². The second-order valence-corrected chi connectivity index (χ2v) is 10.6. The molecule has 2 aromatic heterocycles. The van der Waals surface area contributed by atoms with Gasteiger partial charge in [0.2, 0.25) is 11.9 Å². The summed E-state index contributed by atoms with van der Waals surface area (Å²) in [6.07, 6.45) is 3.84. The van der Waals surface area contributed by atoms with Crippen LogP contribution in [0.5, 0.6) is 0 Å². The largest absolute Gasteiger partial charge is 0.354 e. The van der Waals surface area contributed by atoms with Crippen molar-refractivity contribution in [3.63, 3.8) is 0 Å². The number of nitrogens with one attached hydrogen (secondary N) is 1. The Labute approximate surface area is 226 Å². The molecule has 1 aliphatic heterocycles. The summed E-state index contributed by atoms with van der Waals surface area (Å²) in [5.41, 5.74) is 2.84. The standard InChI is InChI=1S/C28H29ClN6OS/c1-20(34-14-16-35(17-15-34)28-30-12-5-13-31-28)19-32-25(36)18-24-26(21-8-10-23(29)11-9-21)33-27(37-24)22-6-3-2-4-7-22/h2-13,20H,14-19H2,1H3,(H,32,36). The molecular formula is C28H29ClN6OS. The molecule has 1 atom stereocenters. The Morgan fingerprint density at radius 2 is 1.68 bits per heavy atom. The Balaban J connectivity index is 1.21. The summed E-state index contributed by atoms with van der Waals surface area (Å²) in [4.78, 5) is 32.2. The van der Waals surface area contributed by atoms with Crippen molar-refractivity contribution >= 4 is 34.8 Å². The first-order chi connectivity index (χ1) is 18.1. The molecule has 1 unspecified atom stereocenters. The minimum atomic E-state index is 0.00152. The van der Waals surface area contributed by atoms with Crippen LogP contribution in [0.15, 0.2) is 73.1 Å². The predicted molar refractivity (Wildman–Crippen MR) is 150 cm³/mol. The summed E-state index contributed by atoms with van der Waals surface area (Å²) in [5, 5.41) is 4.73. The minimum Gasteiger partial charge on any atom is -0.354 e. The fourth-order valence-electron chi connectivity index (χ4n) is 4.43. The molecule has 0 bridgehead atoms. The number of carbonyl (C=O) groups excluding carboxylic acids is 1. The number of rotatable bonds is 8. The summed E-state index contributed by atoms with van der Waals surface area (Å²) in [6.45, 7) is 6.32. The number of thiazole rings is 1. The van der Waals surface area contributed by atoms with E-state index in [0.29, 0.717) is 11.6 Å². The van der Waals surface area contributed by atoms with E-state index in [1.54, 1.807) is 23.7 Å². The van der Waals surface area contributed by atoms with E-state index in [9.17, 15) is 4.79 Å². The maximum atomic E-state index is 13.0. The quantitative estimate of drug-likeness (QED) is 0.352. The predicted octanol–water partition coefficient (Wildman–Crippen LogP) is 4.79. The van der Waals surface area contributed by atoms with Gasteiger partial charge in [0.15, 0.2) is 0 Å². The topological polar surface area (TPSA) is 74.2 Å². The zero-order valence-electron chi connectivity index (χ0n) is 20.7. The third kappa shape index (κ3) is 6.33. The Hall–Kier alpha value is -3.33. The first-order valence-corrected chi connectivity index (χ1v) is 13.6. The highest BCUT2D eigenvalue weighted by atomic mass is 35.5. The van der Waals surface area contributed by atoms with Crippen molar-refractivity contribution < 1.29 is 4.79 Å². The van der Waals surface area contributed by atoms with E-state index in [0.717, 1.165) is 58.8 Å². The first kappa shape index (κ1) is 25.3. The van der Waals surface area contributed by atoms with E-state index in [-0.39, 0.29) is 18.4 Å². The van der Waals surface area contributed by atoms with Crippen LogP contribution in [0.4, 0.5) is 5.95 Å².